The third-order valence-corrected chi connectivity index (χ3v) is 4.68. The summed E-state index contributed by atoms with van der Waals surface area (Å²) in [5, 5.41) is 14.1. The van der Waals surface area contributed by atoms with Crippen LogP contribution < -0.4 is 4.74 Å². The van der Waals surface area contributed by atoms with Crippen molar-refractivity contribution in [3.8, 4) is 17.1 Å². The minimum atomic E-state index is 0.593. The van der Waals surface area contributed by atoms with Crippen LogP contribution >= 0.6 is 0 Å². The zero-order chi connectivity index (χ0) is 19.0. The number of ether oxygens (including phenoxy) is 1. The molecule has 4 rings (SSSR count). The standard InChI is InChI=1S/C23H22N4O/c1-2-7-19(8-3-1)17-28-22-12-5-4-10-20(22)11-6-9-18-13-15-21(16-14-18)23-24-26-27-25-23/h1-5,7-8,10,12-16H,6,9,11,17H2,(H,24,25,26,27). The van der Waals surface area contributed by atoms with Gasteiger partial charge in [-0.3, -0.25) is 0 Å². The SMILES string of the molecule is c1ccc(COc2ccccc2CCCc2ccc(-c3nn[nH]n3)cc2)cc1. The highest BCUT2D eigenvalue weighted by Crippen LogP contribution is 2.22. The maximum atomic E-state index is 6.06. The molecule has 0 bridgehead atoms. The van der Waals surface area contributed by atoms with Crippen LogP contribution in [-0.2, 0) is 19.4 Å². The summed E-state index contributed by atoms with van der Waals surface area (Å²) in [6, 6.07) is 26.9. The van der Waals surface area contributed by atoms with Crippen LogP contribution in [0.4, 0.5) is 0 Å². The second kappa shape index (κ2) is 8.95. The van der Waals surface area contributed by atoms with Gasteiger partial charge in [0, 0.05) is 5.56 Å². The van der Waals surface area contributed by atoms with Gasteiger partial charge in [0.25, 0.3) is 0 Å². The summed E-state index contributed by atoms with van der Waals surface area (Å²) in [5.74, 6) is 1.59. The Morgan fingerprint density at radius 2 is 1.54 bits per heavy atom. The van der Waals surface area contributed by atoms with Gasteiger partial charge in [0.2, 0.25) is 5.82 Å². The van der Waals surface area contributed by atoms with Gasteiger partial charge in [-0.2, -0.15) is 5.21 Å². The molecule has 0 spiro atoms. The van der Waals surface area contributed by atoms with Crippen LogP contribution in [0.5, 0.6) is 5.75 Å². The second-order valence-electron chi connectivity index (χ2n) is 6.67. The number of para-hydroxylation sites is 1. The van der Waals surface area contributed by atoms with Crippen molar-refractivity contribution in [1.82, 2.24) is 20.6 Å². The molecular weight excluding hydrogens is 348 g/mol. The number of hydrogen-bond donors (Lipinski definition) is 1. The summed E-state index contributed by atoms with van der Waals surface area (Å²) in [6.45, 7) is 0.593. The maximum absolute atomic E-state index is 6.06. The molecule has 1 N–H and O–H groups in total. The average molecular weight is 370 g/mol. The molecule has 5 nitrogen and oxygen atoms in total. The quantitative estimate of drug-likeness (QED) is 0.491. The van der Waals surface area contributed by atoms with E-state index in [0.717, 1.165) is 30.6 Å². The Labute approximate surface area is 164 Å². The third kappa shape index (κ3) is 4.62. The van der Waals surface area contributed by atoms with Crippen LogP contribution in [0, 0.1) is 0 Å². The van der Waals surface area contributed by atoms with Crippen molar-refractivity contribution in [1.29, 1.82) is 0 Å². The van der Waals surface area contributed by atoms with E-state index < -0.39 is 0 Å². The molecule has 0 unspecified atom stereocenters. The van der Waals surface area contributed by atoms with Gasteiger partial charge >= 0.3 is 0 Å². The van der Waals surface area contributed by atoms with Crippen molar-refractivity contribution in [3.05, 3.63) is 95.6 Å². The van der Waals surface area contributed by atoms with E-state index in [9.17, 15) is 0 Å². The minimum Gasteiger partial charge on any atom is -0.489 e. The summed E-state index contributed by atoms with van der Waals surface area (Å²) in [4.78, 5) is 0. The van der Waals surface area contributed by atoms with E-state index in [1.807, 2.05) is 36.4 Å². The van der Waals surface area contributed by atoms with Gasteiger partial charge in [-0.1, -0.05) is 72.8 Å². The average Bonchev–Trinajstić information content (AvgIpc) is 3.29. The van der Waals surface area contributed by atoms with Gasteiger partial charge in [-0.05, 0) is 47.2 Å². The summed E-state index contributed by atoms with van der Waals surface area (Å²) in [7, 11) is 0. The summed E-state index contributed by atoms with van der Waals surface area (Å²) < 4.78 is 6.06. The molecule has 0 atom stereocenters. The summed E-state index contributed by atoms with van der Waals surface area (Å²) in [5.41, 5.74) is 4.70. The van der Waals surface area contributed by atoms with E-state index >= 15 is 0 Å². The van der Waals surface area contributed by atoms with Gasteiger partial charge in [0.05, 0.1) is 0 Å². The first-order valence-corrected chi connectivity index (χ1v) is 9.46. The van der Waals surface area contributed by atoms with Gasteiger partial charge in [0.1, 0.15) is 12.4 Å². The number of aromatic amines is 1. The number of aryl methyl sites for hydroxylation is 2. The van der Waals surface area contributed by atoms with Crippen molar-refractivity contribution < 1.29 is 4.74 Å². The van der Waals surface area contributed by atoms with E-state index in [2.05, 4.69) is 63.1 Å². The van der Waals surface area contributed by atoms with Crippen LogP contribution in [0.15, 0.2) is 78.9 Å². The normalized spacial score (nSPS) is 10.7. The number of aromatic nitrogens is 4. The smallest absolute Gasteiger partial charge is 0.204 e. The molecule has 0 aliphatic rings. The lowest BCUT2D eigenvalue weighted by Crippen LogP contribution is -1.99. The molecular formula is C23H22N4O. The van der Waals surface area contributed by atoms with Crippen molar-refractivity contribution >= 4 is 0 Å². The van der Waals surface area contributed by atoms with Crippen molar-refractivity contribution in [3.63, 3.8) is 0 Å². The van der Waals surface area contributed by atoms with E-state index in [1.165, 1.54) is 16.7 Å². The Morgan fingerprint density at radius 1 is 0.750 bits per heavy atom. The molecule has 1 heterocycles. The Morgan fingerprint density at radius 3 is 2.32 bits per heavy atom. The molecule has 1 aromatic heterocycles. The number of H-pyrrole nitrogens is 1. The largest absolute Gasteiger partial charge is 0.489 e. The molecule has 5 heteroatoms. The Balaban J connectivity index is 1.32. The number of hydrogen-bond acceptors (Lipinski definition) is 4. The van der Waals surface area contributed by atoms with Crippen LogP contribution in [-0.4, -0.2) is 20.6 Å². The van der Waals surface area contributed by atoms with Crippen LogP contribution in [0.3, 0.4) is 0 Å². The van der Waals surface area contributed by atoms with Gasteiger partial charge in [-0.15, -0.1) is 10.2 Å². The monoisotopic (exact) mass is 370 g/mol. The maximum Gasteiger partial charge on any atom is 0.204 e. The molecule has 0 radical (unpaired) electrons. The molecule has 3 aromatic carbocycles. The van der Waals surface area contributed by atoms with Crippen molar-refractivity contribution in [2.24, 2.45) is 0 Å². The number of rotatable bonds is 8. The predicted molar refractivity (Wildman–Crippen MR) is 109 cm³/mol. The lowest BCUT2D eigenvalue weighted by Gasteiger charge is -2.11. The highest BCUT2D eigenvalue weighted by atomic mass is 16.5. The fourth-order valence-corrected chi connectivity index (χ4v) is 3.17. The fourth-order valence-electron chi connectivity index (χ4n) is 3.17. The highest BCUT2D eigenvalue weighted by molar-refractivity contribution is 5.54. The molecule has 0 aliphatic heterocycles. The molecule has 0 fully saturated rings. The minimum absolute atomic E-state index is 0.593. The Kier molecular flexibility index (Phi) is 5.73. The third-order valence-electron chi connectivity index (χ3n) is 4.68. The Hall–Kier alpha value is -3.47. The molecule has 0 saturated heterocycles. The number of benzene rings is 3. The van der Waals surface area contributed by atoms with Crippen molar-refractivity contribution in [2.45, 2.75) is 25.9 Å². The van der Waals surface area contributed by atoms with Crippen molar-refractivity contribution in [2.75, 3.05) is 0 Å². The first kappa shape index (κ1) is 17.9. The van der Waals surface area contributed by atoms with E-state index in [0.29, 0.717) is 12.4 Å². The van der Waals surface area contributed by atoms with E-state index in [-0.39, 0.29) is 0 Å². The zero-order valence-corrected chi connectivity index (χ0v) is 15.6. The first-order valence-electron chi connectivity index (χ1n) is 9.46. The molecule has 140 valence electrons. The molecule has 0 saturated carbocycles. The Bertz CT molecular complexity index is 983. The molecule has 0 amide bonds. The van der Waals surface area contributed by atoms with Gasteiger partial charge < -0.3 is 4.74 Å². The number of tetrazole rings is 1. The van der Waals surface area contributed by atoms with Crippen LogP contribution in [0.25, 0.3) is 11.4 Å². The first-order chi connectivity index (χ1) is 13.9. The fraction of sp³-hybridized carbons (Fsp3) is 0.174. The van der Waals surface area contributed by atoms with E-state index in [1.54, 1.807) is 0 Å². The summed E-state index contributed by atoms with van der Waals surface area (Å²) >= 11 is 0. The summed E-state index contributed by atoms with van der Waals surface area (Å²) in [6.07, 6.45) is 3.06. The molecule has 0 aliphatic carbocycles. The van der Waals surface area contributed by atoms with Gasteiger partial charge in [-0.25, -0.2) is 0 Å². The van der Waals surface area contributed by atoms with Gasteiger partial charge in [0.15, 0.2) is 0 Å². The lowest BCUT2D eigenvalue weighted by molar-refractivity contribution is 0.302. The number of nitrogens with one attached hydrogen (secondary N) is 1. The molecule has 4 aromatic rings. The molecule has 28 heavy (non-hydrogen) atoms. The van der Waals surface area contributed by atoms with Crippen LogP contribution in [0.1, 0.15) is 23.1 Å². The number of nitrogens with zero attached hydrogens (tertiary/aromatic N) is 3. The highest BCUT2D eigenvalue weighted by Gasteiger charge is 2.05. The van der Waals surface area contributed by atoms with E-state index in [4.69, 9.17) is 4.74 Å². The predicted octanol–water partition coefficient (Wildman–Crippen LogP) is 4.62. The topological polar surface area (TPSA) is 63.7 Å². The second-order valence-corrected chi connectivity index (χ2v) is 6.67. The van der Waals surface area contributed by atoms with Crippen LogP contribution in [0.2, 0.25) is 0 Å². The zero-order valence-electron chi connectivity index (χ0n) is 15.6. The lowest BCUT2D eigenvalue weighted by atomic mass is 10.0.